The molecule has 12 heavy (non-hydrogen) atoms. The van der Waals surface area contributed by atoms with E-state index in [1.54, 1.807) is 0 Å². The van der Waals surface area contributed by atoms with Crippen LogP contribution in [-0.4, -0.2) is 17.6 Å². The molecule has 0 aliphatic heterocycles. The van der Waals surface area contributed by atoms with Crippen LogP contribution < -0.4 is 0 Å². The van der Waals surface area contributed by atoms with Gasteiger partial charge in [-0.1, -0.05) is 20.3 Å². The van der Waals surface area contributed by atoms with Crippen molar-refractivity contribution in [3.63, 3.8) is 0 Å². The summed E-state index contributed by atoms with van der Waals surface area (Å²) in [7, 11) is 0. The van der Waals surface area contributed by atoms with Crippen LogP contribution in [0.5, 0.6) is 0 Å². The van der Waals surface area contributed by atoms with Gasteiger partial charge in [-0.3, -0.25) is 0 Å². The van der Waals surface area contributed by atoms with Crippen LogP contribution in [0.1, 0.15) is 39.5 Å². The fraction of sp³-hybridized carbons (Fsp3) is 1.00. The number of hydrogen-bond donors (Lipinski definition) is 1. The summed E-state index contributed by atoms with van der Waals surface area (Å²) in [5.74, 6) is -3.30. The predicted octanol–water partition coefficient (Wildman–Crippen LogP) is 2.83. The molecule has 74 valence electrons. The Labute approximate surface area is 72.8 Å². The molecule has 0 saturated carbocycles. The van der Waals surface area contributed by atoms with Crippen molar-refractivity contribution in [3.8, 4) is 0 Å². The molecule has 1 atom stereocenters. The maximum atomic E-state index is 13.1. The number of aliphatic hydroxyl groups excluding tert-OH is 1. The molecule has 0 fully saturated rings. The fourth-order valence-electron chi connectivity index (χ4n) is 1.06. The molecule has 0 aromatic heterocycles. The molecule has 3 heteroatoms. The van der Waals surface area contributed by atoms with Crippen LogP contribution in [0.2, 0.25) is 0 Å². The van der Waals surface area contributed by atoms with E-state index in [0.717, 1.165) is 6.42 Å². The number of rotatable bonds is 6. The summed E-state index contributed by atoms with van der Waals surface area (Å²) in [6.07, 6.45) is 1.49. The largest absolute Gasteiger partial charge is 0.396 e. The van der Waals surface area contributed by atoms with Gasteiger partial charge in [0.15, 0.2) is 0 Å². The minimum atomic E-state index is -2.60. The normalized spacial score (nSPS) is 14.8. The third-order valence-electron chi connectivity index (χ3n) is 2.15. The summed E-state index contributed by atoms with van der Waals surface area (Å²) in [6, 6.07) is 0. The minimum Gasteiger partial charge on any atom is -0.396 e. The van der Waals surface area contributed by atoms with E-state index in [0.29, 0.717) is 6.42 Å². The molecule has 0 aliphatic rings. The molecule has 0 spiro atoms. The Hall–Kier alpha value is -0.180. The van der Waals surface area contributed by atoms with Gasteiger partial charge in [0.1, 0.15) is 0 Å². The summed E-state index contributed by atoms with van der Waals surface area (Å²) >= 11 is 0. The fourth-order valence-corrected chi connectivity index (χ4v) is 1.06. The van der Waals surface area contributed by atoms with Crippen molar-refractivity contribution < 1.29 is 13.9 Å². The lowest BCUT2D eigenvalue weighted by molar-refractivity contribution is -0.0668. The average Bonchev–Trinajstić information content (AvgIpc) is 2.01. The van der Waals surface area contributed by atoms with E-state index in [2.05, 4.69) is 0 Å². The van der Waals surface area contributed by atoms with Crippen LogP contribution in [0.3, 0.4) is 0 Å². The monoisotopic (exact) mass is 180 g/mol. The zero-order valence-corrected chi connectivity index (χ0v) is 7.82. The van der Waals surface area contributed by atoms with Gasteiger partial charge in [-0.05, 0) is 12.8 Å². The van der Waals surface area contributed by atoms with Gasteiger partial charge in [0.25, 0.3) is 5.92 Å². The van der Waals surface area contributed by atoms with E-state index in [9.17, 15) is 8.78 Å². The highest BCUT2D eigenvalue weighted by Crippen LogP contribution is 2.31. The first-order chi connectivity index (χ1) is 5.54. The van der Waals surface area contributed by atoms with E-state index in [4.69, 9.17) is 5.11 Å². The molecule has 0 aromatic rings. The second-order valence-electron chi connectivity index (χ2n) is 3.28. The lowest BCUT2D eigenvalue weighted by atomic mass is 9.96. The maximum absolute atomic E-state index is 13.1. The second-order valence-corrected chi connectivity index (χ2v) is 3.28. The smallest absolute Gasteiger partial charge is 0.250 e. The molecule has 0 heterocycles. The summed E-state index contributed by atoms with van der Waals surface area (Å²) in [5.41, 5.74) is 0. The van der Waals surface area contributed by atoms with E-state index in [1.807, 2.05) is 6.92 Å². The molecule has 1 N–H and O–H groups in total. The Morgan fingerprint density at radius 3 is 2.42 bits per heavy atom. The molecule has 1 unspecified atom stereocenters. The third-order valence-corrected chi connectivity index (χ3v) is 2.15. The molecular weight excluding hydrogens is 162 g/mol. The Kier molecular flexibility index (Phi) is 5.38. The first-order valence-electron chi connectivity index (χ1n) is 4.53. The van der Waals surface area contributed by atoms with E-state index >= 15 is 0 Å². The van der Waals surface area contributed by atoms with Gasteiger partial charge in [-0.25, -0.2) is 8.78 Å². The SMILES string of the molecule is CCCCC(F)(F)C(C)CCO. The molecule has 0 aromatic carbocycles. The first-order valence-corrected chi connectivity index (χ1v) is 4.53. The summed E-state index contributed by atoms with van der Waals surface area (Å²) < 4.78 is 26.2. The highest BCUT2D eigenvalue weighted by molar-refractivity contribution is 4.73. The first kappa shape index (κ1) is 11.8. The molecule has 0 aliphatic carbocycles. The Morgan fingerprint density at radius 1 is 1.42 bits per heavy atom. The molecule has 0 saturated heterocycles. The standard InChI is InChI=1S/C9H18F2O/c1-3-4-6-9(10,11)8(2)5-7-12/h8,12H,3-7H2,1-2H3. The summed E-state index contributed by atoms with van der Waals surface area (Å²) in [6.45, 7) is 3.24. The third kappa shape index (κ3) is 4.00. The van der Waals surface area contributed by atoms with Crippen molar-refractivity contribution in [1.82, 2.24) is 0 Å². The molecule has 0 rings (SSSR count). The van der Waals surface area contributed by atoms with Gasteiger partial charge in [0, 0.05) is 18.9 Å². The van der Waals surface area contributed by atoms with Crippen LogP contribution >= 0.6 is 0 Å². The number of halogens is 2. The van der Waals surface area contributed by atoms with Crippen LogP contribution in [0.4, 0.5) is 8.78 Å². The van der Waals surface area contributed by atoms with E-state index in [-0.39, 0.29) is 19.4 Å². The van der Waals surface area contributed by atoms with Gasteiger partial charge < -0.3 is 5.11 Å². The number of aliphatic hydroxyl groups is 1. The Morgan fingerprint density at radius 2 is 2.00 bits per heavy atom. The molecule has 0 radical (unpaired) electrons. The molecule has 0 amide bonds. The highest BCUT2D eigenvalue weighted by Gasteiger charge is 2.34. The van der Waals surface area contributed by atoms with Crippen molar-refractivity contribution in [2.45, 2.75) is 45.5 Å². The van der Waals surface area contributed by atoms with Gasteiger partial charge in [0.2, 0.25) is 0 Å². The van der Waals surface area contributed by atoms with Gasteiger partial charge in [-0.2, -0.15) is 0 Å². The maximum Gasteiger partial charge on any atom is 0.250 e. The zero-order valence-electron chi connectivity index (χ0n) is 7.82. The topological polar surface area (TPSA) is 20.2 Å². The zero-order chi connectivity index (χ0) is 9.61. The quantitative estimate of drug-likeness (QED) is 0.666. The van der Waals surface area contributed by atoms with Crippen molar-refractivity contribution >= 4 is 0 Å². The Balaban J connectivity index is 3.81. The summed E-state index contributed by atoms with van der Waals surface area (Å²) in [5, 5.41) is 8.49. The van der Waals surface area contributed by atoms with Crippen LogP contribution in [0, 0.1) is 5.92 Å². The number of hydrogen-bond acceptors (Lipinski definition) is 1. The van der Waals surface area contributed by atoms with Crippen molar-refractivity contribution in [1.29, 1.82) is 0 Å². The number of alkyl halides is 2. The molecule has 1 nitrogen and oxygen atoms in total. The highest BCUT2D eigenvalue weighted by atomic mass is 19.3. The van der Waals surface area contributed by atoms with Crippen molar-refractivity contribution in [2.75, 3.05) is 6.61 Å². The predicted molar refractivity (Wildman–Crippen MR) is 45.3 cm³/mol. The van der Waals surface area contributed by atoms with E-state index in [1.165, 1.54) is 6.92 Å². The average molecular weight is 180 g/mol. The van der Waals surface area contributed by atoms with Gasteiger partial charge in [0.05, 0.1) is 0 Å². The lowest BCUT2D eigenvalue weighted by Crippen LogP contribution is -2.26. The van der Waals surface area contributed by atoms with Crippen molar-refractivity contribution in [2.24, 2.45) is 5.92 Å². The summed E-state index contributed by atoms with van der Waals surface area (Å²) in [4.78, 5) is 0. The van der Waals surface area contributed by atoms with E-state index < -0.39 is 11.8 Å². The van der Waals surface area contributed by atoms with Crippen molar-refractivity contribution in [3.05, 3.63) is 0 Å². The Bertz CT molecular complexity index is 115. The molecule has 0 bridgehead atoms. The van der Waals surface area contributed by atoms with Gasteiger partial charge in [-0.15, -0.1) is 0 Å². The van der Waals surface area contributed by atoms with Crippen LogP contribution in [0.25, 0.3) is 0 Å². The van der Waals surface area contributed by atoms with Crippen LogP contribution in [0.15, 0.2) is 0 Å². The lowest BCUT2D eigenvalue weighted by Gasteiger charge is -2.22. The number of unbranched alkanes of at least 4 members (excludes halogenated alkanes) is 1. The van der Waals surface area contributed by atoms with Gasteiger partial charge >= 0.3 is 0 Å². The second kappa shape index (κ2) is 5.46. The molecular formula is C9H18F2O. The minimum absolute atomic E-state index is 0.0509. The van der Waals surface area contributed by atoms with Crippen LogP contribution in [-0.2, 0) is 0 Å².